The first-order valence-corrected chi connectivity index (χ1v) is 11.1. The third-order valence-electron chi connectivity index (χ3n) is 5.34. The molecule has 0 N–H and O–H groups in total. The number of ether oxygens (including phenoxy) is 2. The number of fused-ring (bicyclic) bond motifs is 3. The van der Waals surface area contributed by atoms with E-state index in [2.05, 4.69) is 21.0 Å². The van der Waals surface area contributed by atoms with Gasteiger partial charge in [-0.25, -0.2) is 4.98 Å². The predicted molar refractivity (Wildman–Crippen MR) is 129 cm³/mol. The summed E-state index contributed by atoms with van der Waals surface area (Å²) in [4.78, 5) is 18.1. The summed E-state index contributed by atoms with van der Waals surface area (Å²) in [7, 11) is 0. The van der Waals surface area contributed by atoms with E-state index in [-0.39, 0.29) is 5.56 Å². The number of rotatable bonds is 3. The van der Waals surface area contributed by atoms with E-state index in [1.165, 1.54) is 4.68 Å². The number of nitrogens with zero attached hydrogens (tertiary/aromatic N) is 3. The smallest absolute Gasteiger partial charge is 0.282 e. The molecule has 0 fully saturated rings. The minimum absolute atomic E-state index is 0.286. The normalized spacial score (nSPS) is 13.2. The second kappa shape index (κ2) is 7.90. The van der Waals surface area contributed by atoms with Gasteiger partial charge in [-0.2, -0.15) is 9.78 Å². The maximum Gasteiger partial charge on any atom is 0.282 e. The number of aromatic nitrogens is 2. The molecule has 0 radical (unpaired) electrons. The Labute approximate surface area is 196 Å². The molecule has 3 heterocycles. The minimum Gasteiger partial charge on any atom is -0.486 e. The van der Waals surface area contributed by atoms with Gasteiger partial charge in [0.2, 0.25) is 5.82 Å². The van der Waals surface area contributed by atoms with Gasteiger partial charge in [0, 0.05) is 9.86 Å². The Morgan fingerprint density at radius 1 is 0.970 bits per heavy atom. The second-order valence-corrected chi connectivity index (χ2v) is 8.43. The number of benzene rings is 3. The number of furan rings is 1. The lowest BCUT2D eigenvalue weighted by atomic mass is 10.2. The highest BCUT2D eigenvalue weighted by Crippen LogP contribution is 2.31. The van der Waals surface area contributed by atoms with Crippen LogP contribution in [0.15, 0.2) is 85.5 Å². The van der Waals surface area contributed by atoms with Gasteiger partial charge in [0.05, 0.1) is 17.1 Å². The fourth-order valence-corrected chi connectivity index (χ4v) is 4.16. The van der Waals surface area contributed by atoms with Crippen molar-refractivity contribution in [1.82, 2.24) is 9.66 Å². The molecule has 0 saturated carbocycles. The van der Waals surface area contributed by atoms with E-state index in [1.807, 2.05) is 48.5 Å². The summed E-state index contributed by atoms with van der Waals surface area (Å²) in [5.41, 5.74) is 1.74. The summed E-state index contributed by atoms with van der Waals surface area (Å²) in [6, 6.07) is 20.3. The lowest BCUT2D eigenvalue weighted by Crippen LogP contribution is -2.20. The summed E-state index contributed by atoms with van der Waals surface area (Å²) in [5, 5.41) is 5.85. The van der Waals surface area contributed by atoms with Gasteiger partial charge in [0.25, 0.3) is 5.56 Å². The van der Waals surface area contributed by atoms with E-state index in [4.69, 9.17) is 18.9 Å². The van der Waals surface area contributed by atoms with Crippen LogP contribution in [-0.4, -0.2) is 29.1 Å². The average molecular weight is 502 g/mol. The largest absolute Gasteiger partial charge is 0.486 e. The van der Waals surface area contributed by atoms with Crippen molar-refractivity contribution in [3.63, 3.8) is 0 Å². The maximum atomic E-state index is 13.4. The summed E-state index contributed by atoms with van der Waals surface area (Å²) >= 11 is 3.48. The first-order valence-electron chi connectivity index (χ1n) is 10.3. The molecule has 33 heavy (non-hydrogen) atoms. The zero-order chi connectivity index (χ0) is 22.4. The first kappa shape index (κ1) is 19.8. The summed E-state index contributed by atoms with van der Waals surface area (Å²) in [6.45, 7) is 1.02. The van der Waals surface area contributed by atoms with Gasteiger partial charge in [-0.15, -0.1) is 0 Å². The molecule has 1 aliphatic rings. The van der Waals surface area contributed by atoms with Gasteiger partial charge in [0.15, 0.2) is 17.3 Å². The maximum absolute atomic E-state index is 13.4. The van der Waals surface area contributed by atoms with E-state index in [1.54, 1.807) is 24.4 Å². The molecule has 6 rings (SSSR count). The first-order chi connectivity index (χ1) is 16.2. The summed E-state index contributed by atoms with van der Waals surface area (Å²) in [6.07, 6.45) is 1.60. The summed E-state index contributed by atoms with van der Waals surface area (Å²) < 4.78 is 19.4. The quantitative estimate of drug-likeness (QED) is 0.316. The number of hydrogen-bond donors (Lipinski definition) is 0. The Bertz CT molecular complexity index is 1620. The second-order valence-electron chi connectivity index (χ2n) is 7.51. The zero-order valence-corrected chi connectivity index (χ0v) is 18.8. The van der Waals surface area contributed by atoms with Gasteiger partial charge in [-0.1, -0.05) is 28.1 Å². The van der Waals surface area contributed by atoms with Crippen molar-refractivity contribution < 1.29 is 13.9 Å². The Hall–Kier alpha value is -3.91. The van der Waals surface area contributed by atoms with Crippen molar-refractivity contribution in [1.29, 1.82) is 0 Å². The lowest BCUT2D eigenvalue weighted by Gasteiger charge is -2.18. The topological polar surface area (TPSA) is 78.9 Å². The fourth-order valence-electron chi connectivity index (χ4n) is 3.78. The highest BCUT2D eigenvalue weighted by atomic mass is 79.9. The number of para-hydroxylation sites is 1. The van der Waals surface area contributed by atoms with Crippen molar-refractivity contribution >= 4 is 44.0 Å². The fraction of sp³-hybridized carbons (Fsp3) is 0.0800. The molecule has 0 unspecified atom stereocenters. The Kier molecular flexibility index (Phi) is 4.73. The van der Waals surface area contributed by atoms with Crippen molar-refractivity contribution in [2.24, 2.45) is 5.10 Å². The molecule has 162 valence electrons. The SMILES string of the molecule is O=c1c2ccccc2nc(-c2cc3cc(Br)ccc3o2)n1N=Cc1ccc2c(c1)OCCO2. The van der Waals surface area contributed by atoms with Gasteiger partial charge < -0.3 is 13.9 Å². The Morgan fingerprint density at radius 2 is 1.82 bits per heavy atom. The molecule has 8 heteroatoms. The van der Waals surface area contributed by atoms with E-state index < -0.39 is 0 Å². The van der Waals surface area contributed by atoms with E-state index in [0.29, 0.717) is 52.8 Å². The van der Waals surface area contributed by atoms with Crippen molar-refractivity contribution in [3.8, 4) is 23.1 Å². The van der Waals surface area contributed by atoms with Crippen molar-refractivity contribution in [3.05, 3.63) is 87.1 Å². The van der Waals surface area contributed by atoms with E-state index >= 15 is 0 Å². The molecule has 0 spiro atoms. The van der Waals surface area contributed by atoms with Crippen LogP contribution in [0.2, 0.25) is 0 Å². The molecule has 0 aliphatic carbocycles. The standard InChI is InChI=1S/C25H16BrN3O4/c26-17-6-8-20-16(12-17)13-23(33-20)24-28-19-4-2-1-3-18(19)25(30)29(24)27-14-15-5-7-21-22(11-15)32-10-9-31-21/h1-8,11-14H,9-10H2. The molecule has 7 nitrogen and oxygen atoms in total. The van der Waals surface area contributed by atoms with Gasteiger partial charge >= 0.3 is 0 Å². The molecule has 1 aliphatic heterocycles. The van der Waals surface area contributed by atoms with Crippen LogP contribution in [-0.2, 0) is 0 Å². The Morgan fingerprint density at radius 3 is 2.73 bits per heavy atom. The number of hydrogen-bond acceptors (Lipinski definition) is 6. The van der Waals surface area contributed by atoms with Crippen LogP contribution in [0.1, 0.15) is 5.56 Å². The lowest BCUT2D eigenvalue weighted by molar-refractivity contribution is 0.171. The highest BCUT2D eigenvalue weighted by Gasteiger charge is 2.17. The van der Waals surface area contributed by atoms with Crippen LogP contribution >= 0.6 is 15.9 Å². The molecule has 0 bridgehead atoms. The molecule has 0 atom stereocenters. The van der Waals surface area contributed by atoms with Crippen LogP contribution in [0.4, 0.5) is 0 Å². The van der Waals surface area contributed by atoms with Crippen molar-refractivity contribution in [2.75, 3.05) is 13.2 Å². The average Bonchev–Trinajstić information content (AvgIpc) is 3.26. The zero-order valence-electron chi connectivity index (χ0n) is 17.2. The van der Waals surface area contributed by atoms with Gasteiger partial charge in [-0.3, -0.25) is 4.79 Å². The number of halogens is 1. The molecular formula is C25H16BrN3O4. The Balaban J connectivity index is 1.52. The molecule has 0 amide bonds. The molecule has 0 saturated heterocycles. The molecular weight excluding hydrogens is 486 g/mol. The van der Waals surface area contributed by atoms with Crippen LogP contribution in [0.5, 0.6) is 11.5 Å². The molecule has 3 aromatic carbocycles. The summed E-state index contributed by atoms with van der Waals surface area (Å²) in [5.74, 6) is 2.11. The molecule has 5 aromatic rings. The van der Waals surface area contributed by atoms with E-state index in [0.717, 1.165) is 15.4 Å². The third kappa shape index (κ3) is 3.58. The van der Waals surface area contributed by atoms with E-state index in [9.17, 15) is 4.79 Å². The van der Waals surface area contributed by atoms with Gasteiger partial charge in [-0.05, 0) is 60.2 Å². The third-order valence-corrected chi connectivity index (χ3v) is 5.83. The van der Waals surface area contributed by atoms with Crippen LogP contribution in [0.25, 0.3) is 33.5 Å². The predicted octanol–water partition coefficient (Wildman–Crippen LogP) is 5.23. The molecule has 2 aromatic heterocycles. The van der Waals surface area contributed by atoms with Gasteiger partial charge in [0.1, 0.15) is 18.8 Å². The highest BCUT2D eigenvalue weighted by molar-refractivity contribution is 9.10. The van der Waals surface area contributed by atoms with Crippen LogP contribution < -0.4 is 15.0 Å². The monoisotopic (exact) mass is 501 g/mol. The van der Waals surface area contributed by atoms with Crippen LogP contribution in [0.3, 0.4) is 0 Å². The minimum atomic E-state index is -0.286. The van der Waals surface area contributed by atoms with Crippen molar-refractivity contribution in [2.45, 2.75) is 0 Å². The van der Waals surface area contributed by atoms with Crippen LogP contribution in [0, 0.1) is 0 Å².